The van der Waals surface area contributed by atoms with Gasteiger partial charge in [-0.15, -0.1) is 5.11 Å². The Bertz CT molecular complexity index is 651. The Morgan fingerprint density at radius 1 is 1.00 bits per heavy atom. The minimum Gasteiger partial charge on any atom is -0.271 e. The minimum absolute atomic E-state index is 0.185. The maximum atomic E-state index is 11.3. The summed E-state index contributed by atoms with van der Waals surface area (Å²) >= 11 is 0. The van der Waals surface area contributed by atoms with Gasteiger partial charge in [0.1, 0.15) is 0 Å². The predicted molar refractivity (Wildman–Crippen MR) is 66.4 cm³/mol. The molecule has 0 fully saturated rings. The molecule has 1 amide bonds. The molecule has 17 heavy (non-hydrogen) atoms. The summed E-state index contributed by atoms with van der Waals surface area (Å²) in [5.41, 5.74) is 2.00. The fraction of sp³-hybridized carbons (Fsp3) is 0.0714. The van der Waals surface area contributed by atoms with Crippen LogP contribution in [-0.4, -0.2) is 5.91 Å². The van der Waals surface area contributed by atoms with Crippen molar-refractivity contribution in [2.45, 2.75) is 6.42 Å². The lowest BCUT2D eigenvalue weighted by Crippen LogP contribution is -1.99. The molecule has 2 aromatic carbocycles. The van der Waals surface area contributed by atoms with Crippen molar-refractivity contribution in [3.05, 3.63) is 54.2 Å². The SMILES string of the molecule is O=C1CC(c2cccc3ccccc23)=CN=N1. The Kier molecular flexibility index (Phi) is 2.29. The van der Waals surface area contributed by atoms with Crippen LogP contribution in [0.15, 0.2) is 58.9 Å². The zero-order valence-corrected chi connectivity index (χ0v) is 9.13. The summed E-state index contributed by atoms with van der Waals surface area (Å²) in [7, 11) is 0. The standard InChI is InChI=1S/C14H10N2O/c17-14-8-11(9-15-16-14)13-7-3-5-10-4-1-2-6-12(10)13/h1-7,9H,8H2. The number of azo groups is 1. The summed E-state index contributed by atoms with van der Waals surface area (Å²) < 4.78 is 0. The third kappa shape index (κ3) is 1.76. The fourth-order valence-electron chi connectivity index (χ4n) is 2.08. The van der Waals surface area contributed by atoms with E-state index in [0.29, 0.717) is 6.42 Å². The van der Waals surface area contributed by atoms with Crippen LogP contribution in [0, 0.1) is 0 Å². The first-order valence-electron chi connectivity index (χ1n) is 5.45. The Hall–Kier alpha value is -2.29. The number of amides is 1. The van der Waals surface area contributed by atoms with Crippen molar-refractivity contribution in [2.75, 3.05) is 0 Å². The molecule has 3 rings (SSSR count). The van der Waals surface area contributed by atoms with Gasteiger partial charge in [-0.25, -0.2) is 0 Å². The summed E-state index contributed by atoms with van der Waals surface area (Å²) in [5, 5.41) is 9.54. The van der Waals surface area contributed by atoms with E-state index in [0.717, 1.165) is 16.5 Å². The Morgan fingerprint density at radius 3 is 2.71 bits per heavy atom. The van der Waals surface area contributed by atoms with E-state index in [2.05, 4.69) is 28.4 Å². The predicted octanol–water partition coefficient (Wildman–Crippen LogP) is 3.56. The number of nitrogens with zero attached hydrogens (tertiary/aromatic N) is 2. The summed E-state index contributed by atoms with van der Waals surface area (Å²) in [6.07, 6.45) is 2.00. The van der Waals surface area contributed by atoms with Crippen LogP contribution >= 0.6 is 0 Å². The largest absolute Gasteiger partial charge is 0.271 e. The van der Waals surface area contributed by atoms with Gasteiger partial charge in [0.15, 0.2) is 0 Å². The Morgan fingerprint density at radius 2 is 1.82 bits per heavy atom. The molecule has 0 aromatic heterocycles. The van der Waals surface area contributed by atoms with Gasteiger partial charge in [0.25, 0.3) is 5.91 Å². The zero-order valence-electron chi connectivity index (χ0n) is 9.13. The highest BCUT2D eigenvalue weighted by Crippen LogP contribution is 2.28. The van der Waals surface area contributed by atoms with Crippen LogP contribution < -0.4 is 0 Å². The van der Waals surface area contributed by atoms with Crippen LogP contribution in [-0.2, 0) is 4.79 Å². The summed E-state index contributed by atoms with van der Waals surface area (Å²) in [6.45, 7) is 0. The second kappa shape index (κ2) is 3.94. The molecule has 0 atom stereocenters. The molecule has 1 aliphatic heterocycles. The third-order valence-electron chi connectivity index (χ3n) is 2.86. The maximum absolute atomic E-state index is 11.3. The van der Waals surface area contributed by atoms with Gasteiger partial charge in [-0.05, 0) is 21.9 Å². The van der Waals surface area contributed by atoms with Gasteiger partial charge in [0.05, 0.1) is 12.6 Å². The van der Waals surface area contributed by atoms with Gasteiger partial charge in [0.2, 0.25) is 0 Å². The number of fused-ring (bicyclic) bond motifs is 1. The van der Waals surface area contributed by atoms with Crippen molar-refractivity contribution in [1.82, 2.24) is 0 Å². The second-order valence-corrected chi connectivity index (χ2v) is 3.97. The summed E-state index contributed by atoms with van der Waals surface area (Å²) in [4.78, 5) is 11.3. The lowest BCUT2D eigenvalue weighted by Gasteiger charge is -2.10. The van der Waals surface area contributed by atoms with Crippen molar-refractivity contribution < 1.29 is 4.79 Å². The average Bonchev–Trinajstić information content (AvgIpc) is 2.38. The van der Waals surface area contributed by atoms with E-state index in [1.165, 1.54) is 5.39 Å². The lowest BCUT2D eigenvalue weighted by atomic mass is 9.96. The van der Waals surface area contributed by atoms with Gasteiger partial charge in [-0.2, -0.15) is 5.11 Å². The molecule has 0 saturated carbocycles. The van der Waals surface area contributed by atoms with E-state index in [1.807, 2.05) is 24.3 Å². The molecule has 2 aromatic rings. The molecular formula is C14H10N2O. The second-order valence-electron chi connectivity index (χ2n) is 3.97. The molecule has 3 heteroatoms. The number of hydrogen-bond donors (Lipinski definition) is 0. The van der Waals surface area contributed by atoms with Crippen molar-refractivity contribution >= 4 is 22.3 Å². The van der Waals surface area contributed by atoms with Crippen LogP contribution in [0.3, 0.4) is 0 Å². The van der Waals surface area contributed by atoms with Crippen molar-refractivity contribution in [3.8, 4) is 0 Å². The van der Waals surface area contributed by atoms with Crippen molar-refractivity contribution in [2.24, 2.45) is 10.2 Å². The van der Waals surface area contributed by atoms with E-state index >= 15 is 0 Å². The molecule has 3 nitrogen and oxygen atoms in total. The number of benzene rings is 2. The highest BCUT2D eigenvalue weighted by atomic mass is 16.1. The maximum Gasteiger partial charge on any atom is 0.269 e. The first-order chi connectivity index (χ1) is 8.34. The van der Waals surface area contributed by atoms with Gasteiger partial charge < -0.3 is 0 Å². The Balaban J connectivity index is 2.21. The monoisotopic (exact) mass is 222 g/mol. The number of hydrogen-bond acceptors (Lipinski definition) is 2. The van der Waals surface area contributed by atoms with Gasteiger partial charge in [-0.3, -0.25) is 4.79 Å². The molecule has 82 valence electrons. The quantitative estimate of drug-likeness (QED) is 0.727. The van der Waals surface area contributed by atoms with E-state index in [1.54, 1.807) is 6.20 Å². The van der Waals surface area contributed by atoms with Crippen LogP contribution in [0.5, 0.6) is 0 Å². The normalized spacial score (nSPS) is 15.1. The molecule has 0 bridgehead atoms. The van der Waals surface area contributed by atoms with E-state index in [4.69, 9.17) is 0 Å². The Labute approximate surface area is 98.5 Å². The highest BCUT2D eigenvalue weighted by Gasteiger charge is 2.13. The molecule has 0 radical (unpaired) electrons. The highest BCUT2D eigenvalue weighted by molar-refractivity contribution is 5.99. The van der Waals surface area contributed by atoms with E-state index < -0.39 is 0 Å². The van der Waals surface area contributed by atoms with E-state index in [-0.39, 0.29) is 5.91 Å². The molecule has 0 N–H and O–H groups in total. The molecule has 1 aliphatic rings. The topological polar surface area (TPSA) is 41.8 Å². The van der Waals surface area contributed by atoms with Crippen LogP contribution in [0.25, 0.3) is 16.3 Å². The summed E-state index contributed by atoms with van der Waals surface area (Å²) in [5.74, 6) is -0.185. The molecular weight excluding hydrogens is 212 g/mol. The van der Waals surface area contributed by atoms with Crippen LogP contribution in [0.1, 0.15) is 12.0 Å². The minimum atomic E-state index is -0.185. The smallest absolute Gasteiger partial charge is 0.269 e. The first kappa shape index (κ1) is 9.90. The summed E-state index contributed by atoms with van der Waals surface area (Å²) in [6, 6.07) is 14.2. The fourth-order valence-corrected chi connectivity index (χ4v) is 2.08. The number of carbonyl (C=O) groups excluding carboxylic acids is 1. The molecule has 0 spiro atoms. The number of carbonyl (C=O) groups is 1. The molecule has 0 aliphatic carbocycles. The first-order valence-corrected chi connectivity index (χ1v) is 5.45. The molecule has 0 unspecified atom stereocenters. The van der Waals surface area contributed by atoms with E-state index in [9.17, 15) is 4.79 Å². The van der Waals surface area contributed by atoms with Gasteiger partial charge in [-0.1, -0.05) is 42.5 Å². The van der Waals surface area contributed by atoms with Crippen molar-refractivity contribution in [3.63, 3.8) is 0 Å². The molecule has 0 saturated heterocycles. The lowest BCUT2D eigenvalue weighted by molar-refractivity contribution is -0.117. The van der Waals surface area contributed by atoms with Gasteiger partial charge >= 0.3 is 0 Å². The van der Waals surface area contributed by atoms with Crippen LogP contribution in [0.4, 0.5) is 0 Å². The van der Waals surface area contributed by atoms with Crippen LogP contribution in [0.2, 0.25) is 0 Å². The van der Waals surface area contributed by atoms with Crippen molar-refractivity contribution in [1.29, 1.82) is 0 Å². The van der Waals surface area contributed by atoms with Gasteiger partial charge in [0, 0.05) is 0 Å². The third-order valence-corrected chi connectivity index (χ3v) is 2.86. The zero-order chi connectivity index (χ0) is 11.7. The molecule has 1 heterocycles. The average molecular weight is 222 g/mol. The number of rotatable bonds is 1.